The molecule has 3 N–H and O–H groups in total. The molecule has 4 nitrogen and oxygen atoms in total. The van der Waals surface area contributed by atoms with Gasteiger partial charge in [0.1, 0.15) is 0 Å². The highest BCUT2D eigenvalue weighted by molar-refractivity contribution is 5.85. The second-order valence-corrected chi connectivity index (χ2v) is 5.97. The van der Waals surface area contributed by atoms with Gasteiger partial charge in [0, 0.05) is 31.6 Å². The highest BCUT2D eigenvalue weighted by Gasteiger charge is 2.26. The van der Waals surface area contributed by atoms with Crippen LogP contribution in [0.1, 0.15) is 44.9 Å². The number of nitrogens with one attached hydrogen (secondary N) is 1. The lowest BCUT2D eigenvalue weighted by atomic mass is 9.83. The van der Waals surface area contributed by atoms with E-state index < -0.39 is 0 Å². The van der Waals surface area contributed by atoms with Gasteiger partial charge < -0.3 is 16.0 Å². The smallest absolute Gasteiger partial charge is 0.220 e. The van der Waals surface area contributed by atoms with Gasteiger partial charge in [-0.15, -0.1) is 24.8 Å². The molecule has 2 saturated carbocycles. The zero-order chi connectivity index (χ0) is 13.0. The molecule has 2 fully saturated rings. The van der Waals surface area contributed by atoms with Crippen molar-refractivity contribution in [2.45, 2.75) is 57.0 Å². The first-order chi connectivity index (χ1) is 8.66. The van der Waals surface area contributed by atoms with Crippen LogP contribution in [0.25, 0.3) is 0 Å². The van der Waals surface area contributed by atoms with E-state index in [1.165, 1.54) is 25.7 Å². The third-order valence-electron chi connectivity index (χ3n) is 4.37. The summed E-state index contributed by atoms with van der Waals surface area (Å²) in [6.45, 7) is 1.74. The van der Waals surface area contributed by atoms with Crippen molar-refractivity contribution in [2.24, 2.45) is 11.7 Å². The normalized spacial score (nSPS) is 25.6. The van der Waals surface area contributed by atoms with Crippen molar-refractivity contribution in [3.05, 3.63) is 0 Å². The summed E-state index contributed by atoms with van der Waals surface area (Å²) in [7, 11) is 2.14. The van der Waals surface area contributed by atoms with Crippen LogP contribution in [0.3, 0.4) is 0 Å². The molecule has 0 aromatic heterocycles. The molecule has 0 saturated heterocycles. The summed E-state index contributed by atoms with van der Waals surface area (Å²) in [6, 6.07) is 1.01. The van der Waals surface area contributed by atoms with E-state index in [1.54, 1.807) is 0 Å². The maximum absolute atomic E-state index is 11.8. The number of halogens is 2. The maximum Gasteiger partial charge on any atom is 0.220 e. The first kappa shape index (κ1) is 20.0. The molecule has 1 amide bonds. The number of nitrogens with two attached hydrogens (primary N) is 1. The Labute approximate surface area is 135 Å². The van der Waals surface area contributed by atoms with Crippen LogP contribution >= 0.6 is 24.8 Å². The largest absolute Gasteiger partial charge is 0.355 e. The number of amides is 1. The van der Waals surface area contributed by atoms with Gasteiger partial charge in [0.05, 0.1) is 0 Å². The standard InChI is InChI=1S/C14H27N3O.2ClH/c1-17(12-6-7-12)9-8-16-14(18)10-11-4-2-3-5-13(11)15;;/h11-13H,2-10,15H2,1H3,(H,16,18);2*1H. The summed E-state index contributed by atoms with van der Waals surface area (Å²) in [6.07, 6.45) is 7.93. The van der Waals surface area contributed by atoms with Gasteiger partial charge >= 0.3 is 0 Å². The molecular formula is C14H29Cl2N3O. The van der Waals surface area contributed by atoms with Crippen molar-refractivity contribution in [1.29, 1.82) is 0 Å². The Balaban J connectivity index is 0.00000180. The molecule has 2 aliphatic rings. The molecular weight excluding hydrogens is 297 g/mol. The number of hydrogen-bond donors (Lipinski definition) is 2. The number of hydrogen-bond acceptors (Lipinski definition) is 3. The zero-order valence-corrected chi connectivity index (χ0v) is 14.0. The molecule has 0 aromatic carbocycles. The summed E-state index contributed by atoms with van der Waals surface area (Å²) < 4.78 is 0. The number of rotatable bonds is 6. The predicted molar refractivity (Wildman–Crippen MR) is 87.7 cm³/mol. The zero-order valence-electron chi connectivity index (χ0n) is 12.3. The van der Waals surface area contributed by atoms with E-state index in [-0.39, 0.29) is 36.8 Å². The van der Waals surface area contributed by atoms with Gasteiger partial charge in [-0.25, -0.2) is 0 Å². The minimum Gasteiger partial charge on any atom is -0.355 e. The second-order valence-electron chi connectivity index (χ2n) is 5.97. The predicted octanol–water partition coefficient (Wildman–Crippen LogP) is 1.95. The van der Waals surface area contributed by atoms with Crippen molar-refractivity contribution in [1.82, 2.24) is 10.2 Å². The van der Waals surface area contributed by atoms with Crippen LogP contribution in [0.15, 0.2) is 0 Å². The highest BCUT2D eigenvalue weighted by atomic mass is 35.5. The van der Waals surface area contributed by atoms with E-state index in [9.17, 15) is 4.79 Å². The topological polar surface area (TPSA) is 58.4 Å². The fraction of sp³-hybridized carbons (Fsp3) is 0.929. The Morgan fingerprint density at radius 3 is 2.45 bits per heavy atom. The molecule has 120 valence electrons. The van der Waals surface area contributed by atoms with Crippen molar-refractivity contribution in [2.75, 3.05) is 20.1 Å². The molecule has 2 rings (SSSR count). The third-order valence-corrected chi connectivity index (χ3v) is 4.37. The summed E-state index contributed by atoms with van der Waals surface area (Å²) in [5.41, 5.74) is 6.06. The first-order valence-corrected chi connectivity index (χ1v) is 7.39. The van der Waals surface area contributed by atoms with Crippen LogP contribution in [0.2, 0.25) is 0 Å². The molecule has 6 heteroatoms. The highest BCUT2D eigenvalue weighted by Crippen LogP contribution is 2.26. The quantitative estimate of drug-likeness (QED) is 0.784. The third kappa shape index (κ3) is 6.61. The average molecular weight is 326 g/mol. The number of carbonyl (C=O) groups is 1. The first-order valence-electron chi connectivity index (χ1n) is 7.39. The lowest BCUT2D eigenvalue weighted by Gasteiger charge is -2.28. The van der Waals surface area contributed by atoms with Crippen molar-refractivity contribution in [3.8, 4) is 0 Å². The van der Waals surface area contributed by atoms with Crippen LogP contribution in [0.5, 0.6) is 0 Å². The van der Waals surface area contributed by atoms with E-state index in [2.05, 4.69) is 17.3 Å². The minimum absolute atomic E-state index is 0. The fourth-order valence-electron chi connectivity index (χ4n) is 2.87. The Kier molecular flexibility index (Phi) is 9.81. The molecule has 2 atom stereocenters. The Hall–Kier alpha value is -0.0300. The lowest BCUT2D eigenvalue weighted by Crippen LogP contribution is -2.39. The second kappa shape index (κ2) is 9.82. The average Bonchev–Trinajstić information content (AvgIpc) is 3.16. The van der Waals surface area contributed by atoms with Gasteiger partial charge in [-0.2, -0.15) is 0 Å². The van der Waals surface area contributed by atoms with Crippen molar-refractivity contribution < 1.29 is 4.79 Å². The van der Waals surface area contributed by atoms with Crippen LogP contribution < -0.4 is 11.1 Å². The van der Waals surface area contributed by atoms with Gasteiger partial charge in [-0.1, -0.05) is 12.8 Å². The monoisotopic (exact) mass is 325 g/mol. The summed E-state index contributed by atoms with van der Waals surface area (Å²) in [5.74, 6) is 0.585. The van der Waals surface area contributed by atoms with Crippen LogP contribution in [0.4, 0.5) is 0 Å². The molecule has 0 aliphatic heterocycles. The fourth-order valence-corrected chi connectivity index (χ4v) is 2.87. The van der Waals surface area contributed by atoms with Crippen LogP contribution in [-0.2, 0) is 4.79 Å². The van der Waals surface area contributed by atoms with Gasteiger partial charge in [0.15, 0.2) is 0 Å². The molecule has 2 aliphatic carbocycles. The molecule has 2 unspecified atom stereocenters. The SMILES string of the molecule is CN(CCNC(=O)CC1CCCCC1N)C1CC1.Cl.Cl. The molecule has 0 aromatic rings. The van der Waals surface area contributed by atoms with E-state index >= 15 is 0 Å². The number of nitrogens with zero attached hydrogens (tertiary/aromatic N) is 1. The Bertz CT molecular complexity index is 288. The van der Waals surface area contributed by atoms with E-state index in [0.717, 1.165) is 32.0 Å². The molecule has 0 heterocycles. The van der Waals surface area contributed by atoms with Crippen molar-refractivity contribution >= 4 is 30.7 Å². The molecule has 0 radical (unpaired) electrons. The summed E-state index contributed by atoms with van der Waals surface area (Å²) >= 11 is 0. The van der Waals surface area contributed by atoms with Gasteiger partial charge in [-0.3, -0.25) is 4.79 Å². The Morgan fingerprint density at radius 1 is 1.20 bits per heavy atom. The lowest BCUT2D eigenvalue weighted by molar-refractivity contribution is -0.122. The molecule has 0 spiro atoms. The number of carbonyl (C=O) groups excluding carboxylic acids is 1. The molecule has 0 bridgehead atoms. The van der Waals surface area contributed by atoms with Crippen molar-refractivity contribution in [3.63, 3.8) is 0 Å². The molecule has 20 heavy (non-hydrogen) atoms. The Morgan fingerprint density at radius 2 is 1.85 bits per heavy atom. The van der Waals surface area contributed by atoms with Gasteiger partial charge in [0.2, 0.25) is 5.91 Å². The van der Waals surface area contributed by atoms with Crippen LogP contribution in [-0.4, -0.2) is 43.0 Å². The van der Waals surface area contributed by atoms with E-state index in [1.807, 2.05) is 0 Å². The van der Waals surface area contributed by atoms with Crippen LogP contribution in [0, 0.1) is 5.92 Å². The van der Waals surface area contributed by atoms with Gasteiger partial charge in [0.25, 0.3) is 0 Å². The number of likely N-dealkylation sites (N-methyl/N-ethyl adjacent to an activating group) is 1. The maximum atomic E-state index is 11.8. The summed E-state index contributed by atoms with van der Waals surface area (Å²) in [5, 5.41) is 3.03. The summed E-state index contributed by atoms with van der Waals surface area (Å²) in [4.78, 5) is 14.2. The van der Waals surface area contributed by atoms with Gasteiger partial charge in [-0.05, 0) is 38.6 Å². The minimum atomic E-state index is 0. The van der Waals surface area contributed by atoms with E-state index in [4.69, 9.17) is 5.73 Å². The van der Waals surface area contributed by atoms with E-state index in [0.29, 0.717) is 12.3 Å².